The number of nitriles is 1. The Morgan fingerprint density at radius 1 is 1.17 bits per heavy atom. The number of nitrogens with zero attached hydrogens (tertiary/aromatic N) is 2. The molecule has 2 aromatic carbocycles. The molecule has 0 bridgehead atoms. The minimum absolute atomic E-state index is 0.0334. The van der Waals surface area contributed by atoms with E-state index < -0.39 is 26.0 Å². The van der Waals surface area contributed by atoms with E-state index in [9.17, 15) is 9.59 Å². The summed E-state index contributed by atoms with van der Waals surface area (Å²) in [5.74, 6) is -1.48. The van der Waals surface area contributed by atoms with E-state index in [4.69, 9.17) is 27.9 Å². The second kappa shape index (κ2) is 11.5. The van der Waals surface area contributed by atoms with Gasteiger partial charge in [0.2, 0.25) is 11.6 Å². The summed E-state index contributed by atoms with van der Waals surface area (Å²) < 4.78 is 6.33. The Kier molecular flexibility index (Phi) is 9.22. The molecular formula is C26H31ClN4O3Si. The van der Waals surface area contributed by atoms with E-state index in [1.165, 1.54) is 24.3 Å². The minimum atomic E-state index is -2.14. The van der Waals surface area contributed by atoms with Crippen molar-refractivity contribution in [2.75, 3.05) is 6.61 Å². The molecule has 2 N–H and O–H groups in total. The van der Waals surface area contributed by atoms with E-state index in [-0.39, 0.29) is 11.6 Å². The third-order valence-electron chi connectivity index (χ3n) is 6.46. The second-order valence-electron chi connectivity index (χ2n) is 9.90. The molecule has 0 aromatic heterocycles. The maximum Gasteiger partial charge on any atom is 0.269 e. The van der Waals surface area contributed by atoms with Crippen molar-refractivity contribution in [3.63, 3.8) is 0 Å². The number of hydrogen-bond donors (Lipinski definition) is 2. The Morgan fingerprint density at radius 3 is 2.34 bits per heavy atom. The van der Waals surface area contributed by atoms with Crippen molar-refractivity contribution in [1.82, 2.24) is 10.9 Å². The quantitative estimate of drug-likeness (QED) is 0.283. The third kappa shape index (κ3) is 7.16. The van der Waals surface area contributed by atoms with Gasteiger partial charge in [0.05, 0.1) is 29.1 Å². The third-order valence-corrected chi connectivity index (χ3v) is 11.4. The van der Waals surface area contributed by atoms with Gasteiger partial charge in [-0.25, -0.2) is 4.85 Å². The van der Waals surface area contributed by atoms with Crippen LogP contribution >= 0.6 is 11.6 Å². The Hall–Kier alpha value is -3.17. The normalized spacial score (nSPS) is 12.3. The number of rotatable bonds is 7. The number of hydrogen-bond acceptors (Lipinski definition) is 4. The number of amides is 2. The van der Waals surface area contributed by atoms with Gasteiger partial charge in [-0.05, 0) is 66.9 Å². The SMILES string of the molecule is [C-]#[N+]c1ccc(C[C@H](CO[Si](C)(C)C(C)(C)C)C(=O)NNC(=O)c2ccc(C#N)cc2)c(C)c1Cl. The van der Waals surface area contributed by atoms with Crippen LogP contribution in [-0.2, 0) is 15.6 Å². The van der Waals surface area contributed by atoms with Gasteiger partial charge in [0, 0.05) is 12.2 Å². The summed E-state index contributed by atoms with van der Waals surface area (Å²) in [7, 11) is -2.14. The molecule has 0 aliphatic rings. The molecule has 0 saturated heterocycles. The lowest BCUT2D eigenvalue weighted by molar-refractivity contribution is -0.126. The number of carbonyl (C=O) groups excluding carboxylic acids is 2. The zero-order valence-electron chi connectivity index (χ0n) is 21.0. The fourth-order valence-corrected chi connectivity index (χ4v) is 4.30. The van der Waals surface area contributed by atoms with E-state index >= 15 is 0 Å². The molecule has 2 aromatic rings. The Balaban J connectivity index is 2.21. The Morgan fingerprint density at radius 2 is 1.80 bits per heavy atom. The number of hydrazine groups is 1. The molecule has 0 heterocycles. The topological polar surface area (TPSA) is 95.6 Å². The highest BCUT2D eigenvalue weighted by Crippen LogP contribution is 2.37. The van der Waals surface area contributed by atoms with Crippen molar-refractivity contribution in [3.8, 4) is 6.07 Å². The van der Waals surface area contributed by atoms with Crippen molar-refractivity contribution < 1.29 is 14.0 Å². The lowest BCUT2D eigenvalue weighted by Gasteiger charge is -2.37. The molecule has 9 heteroatoms. The van der Waals surface area contributed by atoms with Gasteiger partial charge in [-0.15, -0.1) is 0 Å². The number of benzene rings is 2. The first-order chi connectivity index (χ1) is 16.3. The molecule has 7 nitrogen and oxygen atoms in total. The molecule has 35 heavy (non-hydrogen) atoms. The average molecular weight is 511 g/mol. The predicted molar refractivity (Wildman–Crippen MR) is 140 cm³/mol. The average Bonchev–Trinajstić information content (AvgIpc) is 2.81. The zero-order valence-corrected chi connectivity index (χ0v) is 22.7. The fraction of sp³-hybridized carbons (Fsp3) is 0.385. The number of carbonyl (C=O) groups is 2. The largest absolute Gasteiger partial charge is 0.416 e. The van der Waals surface area contributed by atoms with Gasteiger partial charge in [-0.2, -0.15) is 5.26 Å². The van der Waals surface area contributed by atoms with E-state index in [1.54, 1.807) is 12.1 Å². The standard InChI is InChI=1S/C26H31ClN4O3Si/c1-17-20(12-13-22(29-5)23(17)27)14-21(16-34-35(6,7)26(2,3)4)25(33)31-30-24(32)19-10-8-18(15-28)9-11-19/h8-13,21H,14,16H2,1-4,6-7H3,(H,30,32)(H,31,33)/t21-/m1/s1. The van der Waals surface area contributed by atoms with Crippen molar-refractivity contribution in [3.05, 3.63) is 75.1 Å². The van der Waals surface area contributed by atoms with Gasteiger partial charge in [-0.1, -0.05) is 44.5 Å². The minimum Gasteiger partial charge on any atom is -0.416 e. The Labute approximate surface area is 213 Å². The van der Waals surface area contributed by atoms with Crippen LogP contribution in [0.5, 0.6) is 0 Å². The second-order valence-corrected chi connectivity index (χ2v) is 15.1. The molecular weight excluding hydrogens is 480 g/mol. The molecule has 0 unspecified atom stereocenters. The van der Waals surface area contributed by atoms with Crippen molar-refractivity contribution in [2.24, 2.45) is 5.92 Å². The summed E-state index contributed by atoms with van der Waals surface area (Å²) in [6, 6.07) is 11.5. The van der Waals surface area contributed by atoms with Gasteiger partial charge >= 0.3 is 0 Å². The van der Waals surface area contributed by atoms with Crippen LogP contribution in [-0.4, -0.2) is 26.7 Å². The molecule has 184 valence electrons. The fourth-order valence-electron chi connectivity index (χ4n) is 3.03. The van der Waals surface area contributed by atoms with Crippen LogP contribution < -0.4 is 10.9 Å². The lowest BCUT2D eigenvalue weighted by atomic mass is 9.95. The van der Waals surface area contributed by atoms with Gasteiger partial charge in [0.15, 0.2) is 8.32 Å². The molecule has 2 rings (SSSR count). The molecule has 0 radical (unpaired) electrons. The molecule has 0 aliphatic heterocycles. The number of halogens is 1. The first kappa shape index (κ1) is 28.1. The van der Waals surface area contributed by atoms with Gasteiger partial charge in [0.25, 0.3) is 5.91 Å². The number of nitrogens with one attached hydrogen (secondary N) is 2. The van der Waals surface area contributed by atoms with Crippen LogP contribution in [0.1, 0.15) is 47.8 Å². The summed E-state index contributed by atoms with van der Waals surface area (Å²) in [5, 5.41) is 9.25. The van der Waals surface area contributed by atoms with E-state index in [0.717, 1.165) is 11.1 Å². The summed E-state index contributed by atoms with van der Waals surface area (Å²) >= 11 is 6.35. The Bertz CT molecular complexity index is 1180. The summed E-state index contributed by atoms with van der Waals surface area (Å²) in [4.78, 5) is 29.0. The summed E-state index contributed by atoms with van der Waals surface area (Å²) in [6.45, 7) is 19.8. The highest BCUT2D eigenvalue weighted by Gasteiger charge is 2.38. The van der Waals surface area contributed by atoms with Gasteiger partial charge < -0.3 is 4.43 Å². The van der Waals surface area contributed by atoms with Gasteiger partial charge in [-0.3, -0.25) is 20.4 Å². The van der Waals surface area contributed by atoms with Crippen LogP contribution in [0.3, 0.4) is 0 Å². The van der Waals surface area contributed by atoms with Crippen LogP contribution in [0, 0.1) is 30.7 Å². The van der Waals surface area contributed by atoms with Crippen molar-refractivity contribution >= 4 is 37.4 Å². The van der Waals surface area contributed by atoms with E-state index in [2.05, 4.69) is 49.6 Å². The molecule has 1 atom stereocenters. The van der Waals surface area contributed by atoms with E-state index in [0.29, 0.717) is 28.3 Å². The van der Waals surface area contributed by atoms with Crippen LogP contribution in [0.15, 0.2) is 36.4 Å². The molecule has 2 amide bonds. The summed E-state index contributed by atoms with van der Waals surface area (Å²) in [5.41, 5.74) is 7.64. The van der Waals surface area contributed by atoms with Gasteiger partial charge in [0.1, 0.15) is 0 Å². The van der Waals surface area contributed by atoms with Crippen molar-refractivity contribution in [1.29, 1.82) is 5.26 Å². The maximum absolute atomic E-state index is 13.2. The van der Waals surface area contributed by atoms with E-state index in [1.807, 2.05) is 13.0 Å². The van der Waals surface area contributed by atoms with Crippen molar-refractivity contribution in [2.45, 2.75) is 52.2 Å². The van der Waals surface area contributed by atoms with Crippen LogP contribution in [0.25, 0.3) is 4.85 Å². The highest BCUT2D eigenvalue weighted by atomic mass is 35.5. The molecule has 0 spiro atoms. The first-order valence-corrected chi connectivity index (χ1v) is 14.5. The summed E-state index contributed by atoms with van der Waals surface area (Å²) in [6.07, 6.45) is 0.330. The first-order valence-electron chi connectivity index (χ1n) is 11.2. The van der Waals surface area contributed by atoms with Crippen LogP contribution in [0.4, 0.5) is 5.69 Å². The molecule has 0 saturated carbocycles. The maximum atomic E-state index is 13.2. The zero-order chi connectivity index (χ0) is 26.4. The predicted octanol–water partition coefficient (Wildman–Crippen LogP) is 5.71. The monoisotopic (exact) mass is 510 g/mol. The lowest BCUT2D eigenvalue weighted by Crippen LogP contribution is -2.48. The highest BCUT2D eigenvalue weighted by molar-refractivity contribution is 6.74. The smallest absolute Gasteiger partial charge is 0.269 e. The van der Waals surface area contributed by atoms with Crippen LogP contribution in [0.2, 0.25) is 23.2 Å². The molecule has 0 aliphatic carbocycles. The molecule has 0 fully saturated rings.